The quantitative estimate of drug-likeness (QED) is 0.354. The second kappa shape index (κ2) is 10.4. The van der Waals surface area contributed by atoms with E-state index in [0.29, 0.717) is 6.54 Å². The molecule has 1 aliphatic rings. The Hall–Kier alpha value is -1.13. The number of benzene rings is 1. The van der Waals surface area contributed by atoms with Crippen LogP contribution in [0.25, 0.3) is 5.57 Å². The first-order valence-corrected chi connectivity index (χ1v) is 10.9. The molecule has 0 saturated heterocycles. The van der Waals surface area contributed by atoms with Gasteiger partial charge in [0.2, 0.25) is 10.0 Å². The monoisotopic (exact) mass is 506 g/mol. The van der Waals surface area contributed by atoms with Crippen LogP contribution in [0.4, 0.5) is 0 Å². The van der Waals surface area contributed by atoms with E-state index >= 15 is 0 Å². The summed E-state index contributed by atoms with van der Waals surface area (Å²) < 4.78 is 25.6. The van der Waals surface area contributed by atoms with Gasteiger partial charge in [0, 0.05) is 25.2 Å². The molecule has 0 aromatic heterocycles. The molecule has 0 bridgehead atoms. The number of guanidine groups is 1. The Morgan fingerprint density at radius 1 is 1.26 bits per heavy atom. The van der Waals surface area contributed by atoms with Crippen molar-refractivity contribution < 1.29 is 8.42 Å². The van der Waals surface area contributed by atoms with E-state index in [1.807, 2.05) is 26.8 Å². The highest BCUT2D eigenvalue weighted by atomic mass is 127. The molecule has 0 fully saturated rings. The fourth-order valence-electron chi connectivity index (χ4n) is 3.01. The molecule has 6 nitrogen and oxygen atoms in total. The third-order valence-electron chi connectivity index (χ3n) is 4.07. The number of halogens is 1. The second-order valence-corrected chi connectivity index (χ2v) is 8.97. The number of sulfonamides is 1. The summed E-state index contributed by atoms with van der Waals surface area (Å²) in [4.78, 5) is 6.87. The average Bonchev–Trinajstić information content (AvgIpc) is 2.57. The standard InChI is InChI=1S/C19H30N4O2S.HI/c1-5-20-18(21-15-19(2,3)22-26(4,24)25)23-13-11-17(12-14-23)16-9-7-6-8-10-16;/h6-11,22H,5,12-15H2,1-4H3,(H,20,21);1H. The highest BCUT2D eigenvalue weighted by Crippen LogP contribution is 2.22. The maximum atomic E-state index is 11.5. The fourth-order valence-corrected chi connectivity index (χ4v) is 4.08. The van der Waals surface area contributed by atoms with E-state index in [9.17, 15) is 8.42 Å². The molecule has 152 valence electrons. The maximum absolute atomic E-state index is 11.5. The predicted octanol–water partition coefficient (Wildman–Crippen LogP) is 2.69. The summed E-state index contributed by atoms with van der Waals surface area (Å²) in [6, 6.07) is 10.4. The van der Waals surface area contributed by atoms with E-state index < -0.39 is 15.6 Å². The van der Waals surface area contributed by atoms with Gasteiger partial charge in [-0.1, -0.05) is 36.4 Å². The van der Waals surface area contributed by atoms with Gasteiger partial charge in [0.05, 0.1) is 12.8 Å². The van der Waals surface area contributed by atoms with Crippen LogP contribution >= 0.6 is 24.0 Å². The molecule has 1 aromatic carbocycles. The lowest BCUT2D eigenvalue weighted by Gasteiger charge is -2.31. The van der Waals surface area contributed by atoms with Gasteiger partial charge in [-0.25, -0.2) is 13.1 Å². The van der Waals surface area contributed by atoms with Crippen LogP contribution in [0, 0.1) is 0 Å². The molecule has 2 N–H and O–H groups in total. The van der Waals surface area contributed by atoms with Gasteiger partial charge < -0.3 is 10.2 Å². The minimum absolute atomic E-state index is 0. The molecule has 0 spiro atoms. The largest absolute Gasteiger partial charge is 0.357 e. The molecule has 8 heteroatoms. The molecule has 1 aromatic rings. The third kappa shape index (κ3) is 8.18. The van der Waals surface area contributed by atoms with Crippen molar-refractivity contribution in [3.05, 3.63) is 42.0 Å². The highest BCUT2D eigenvalue weighted by molar-refractivity contribution is 14.0. The minimum Gasteiger partial charge on any atom is -0.357 e. The zero-order valence-corrected chi connectivity index (χ0v) is 19.7. The SMILES string of the molecule is CCNC(=NCC(C)(C)NS(C)(=O)=O)N1CC=C(c2ccccc2)CC1.I. The van der Waals surface area contributed by atoms with Crippen molar-refractivity contribution in [2.75, 3.05) is 32.4 Å². The zero-order chi connectivity index (χ0) is 19.2. The molecule has 2 rings (SSSR count). The molecule has 1 aliphatic heterocycles. The van der Waals surface area contributed by atoms with Crippen molar-refractivity contribution in [3.63, 3.8) is 0 Å². The Morgan fingerprint density at radius 3 is 2.44 bits per heavy atom. The smallest absolute Gasteiger partial charge is 0.209 e. The Balaban J connectivity index is 0.00000364. The van der Waals surface area contributed by atoms with Crippen molar-refractivity contribution in [1.82, 2.24) is 14.9 Å². The van der Waals surface area contributed by atoms with Gasteiger partial charge in [0.1, 0.15) is 0 Å². The van der Waals surface area contributed by atoms with Crippen LogP contribution in [-0.4, -0.2) is 57.3 Å². The predicted molar refractivity (Wildman–Crippen MR) is 124 cm³/mol. The van der Waals surface area contributed by atoms with Gasteiger partial charge in [-0.3, -0.25) is 4.99 Å². The van der Waals surface area contributed by atoms with Crippen LogP contribution < -0.4 is 10.0 Å². The average molecular weight is 506 g/mol. The van der Waals surface area contributed by atoms with Gasteiger partial charge >= 0.3 is 0 Å². The van der Waals surface area contributed by atoms with Crippen LogP contribution in [0.5, 0.6) is 0 Å². The molecular weight excluding hydrogens is 475 g/mol. The molecule has 0 radical (unpaired) electrons. The molecule has 0 aliphatic carbocycles. The van der Waals surface area contributed by atoms with Crippen molar-refractivity contribution in [2.24, 2.45) is 4.99 Å². The summed E-state index contributed by atoms with van der Waals surface area (Å²) in [5, 5.41) is 3.31. The number of nitrogens with one attached hydrogen (secondary N) is 2. The van der Waals surface area contributed by atoms with E-state index in [2.05, 4.69) is 50.3 Å². The number of hydrogen-bond acceptors (Lipinski definition) is 3. The molecule has 27 heavy (non-hydrogen) atoms. The number of rotatable bonds is 6. The molecule has 0 amide bonds. The van der Waals surface area contributed by atoms with Crippen molar-refractivity contribution in [2.45, 2.75) is 32.7 Å². The summed E-state index contributed by atoms with van der Waals surface area (Å²) in [5.74, 6) is 0.819. The van der Waals surface area contributed by atoms with Crippen molar-refractivity contribution in [1.29, 1.82) is 0 Å². The summed E-state index contributed by atoms with van der Waals surface area (Å²) >= 11 is 0. The van der Waals surface area contributed by atoms with Crippen LogP contribution in [0.2, 0.25) is 0 Å². The topological polar surface area (TPSA) is 73.8 Å². The van der Waals surface area contributed by atoms with Crippen LogP contribution in [0.15, 0.2) is 41.4 Å². The lowest BCUT2D eigenvalue weighted by molar-refractivity contribution is 0.427. The van der Waals surface area contributed by atoms with Crippen molar-refractivity contribution in [3.8, 4) is 0 Å². The van der Waals surface area contributed by atoms with Gasteiger partial charge in [-0.05, 0) is 38.3 Å². The lowest BCUT2D eigenvalue weighted by Crippen LogP contribution is -2.48. The fraction of sp³-hybridized carbons (Fsp3) is 0.526. The van der Waals surface area contributed by atoms with E-state index in [1.165, 1.54) is 17.4 Å². The highest BCUT2D eigenvalue weighted by Gasteiger charge is 2.23. The second-order valence-electron chi connectivity index (χ2n) is 7.22. The normalized spacial score (nSPS) is 15.8. The third-order valence-corrected chi connectivity index (χ3v) is 5.00. The van der Waals surface area contributed by atoms with E-state index in [1.54, 1.807) is 0 Å². The minimum atomic E-state index is -3.27. The van der Waals surface area contributed by atoms with E-state index in [4.69, 9.17) is 0 Å². The number of hydrogen-bond donors (Lipinski definition) is 2. The zero-order valence-electron chi connectivity index (χ0n) is 16.5. The molecular formula is C19H31IN4O2S. The lowest BCUT2D eigenvalue weighted by atomic mass is 10.00. The molecule has 0 unspecified atom stereocenters. The first kappa shape index (κ1) is 23.9. The number of aliphatic imine (C=N–C) groups is 1. The van der Waals surface area contributed by atoms with E-state index in [0.717, 1.165) is 32.0 Å². The summed E-state index contributed by atoms with van der Waals surface area (Å²) in [7, 11) is -3.27. The Labute approximate surface area is 180 Å². The Morgan fingerprint density at radius 2 is 1.93 bits per heavy atom. The summed E-state index contributed by atoms with van der Waals surface area (Å²) in [6.07, 6.45) is 4.37. The van der Waals surface area contributed by atoms with Gasteiger partial charge in [0.15, 0.2) is 5.96 Å². The summed E-state index contributed by atoms with van der Waals surface area (Å²) in [6.45, 7) is 8.52. The Bertz CT molecular complexity index is 761. The van der Waals surface area contributed by atoms with Crippen LogP contribution in [0.1, 0.15) is 32.8 Å². The maximum Gasteiger partial charge on any atom is 0.209 e. The van der Waals surface area contributed by atoms with Crippen molar-refractivity contribution >= 4 is 45.5 Å². The van der Waals surface area contributed by atoms with E-state index in [-0.39, 0.29) is 24.0 Å². The van der Waals surface area contributed by atoms with Crippen LogP contribution in [0.3, 0.4) is 0 Å². The first-order chi connectivity index (χ1) is 12.2. The molecule has 0 atom stereocenters. The van der Waals surface area contributed by atoms with Gasteiger partial charge in [0.25, 0.3) is 0 Å². The summed E-state index contributed by atoms with van der Waals surface area (Å²) in [5.41, 5.74) is 2.00. The van der Waals surface area contributed by atoms with Crippen LogP contribution in [-0.2, 0) is 10.0 Å². The Kier molecular flexibility index (Phi) is 9.23. The van der Waals surface area contributed by atoms with Gasteiger partial charge in [-0.2, -0.15) is 0 Å². The molecule has 1 heterocycles. The first-order valence-electron chi connectivity index (χ1n) is 8.97. The molecule has 0 saturated carbocycles. The number of nitrogens with zero attached hydrogens (tertiary/aromatic N) is 2. The van der Waals surface area contributed by atoms with Gasteiger partial charge in [-0.15, -0.1) is 24.0 Å².